The maximum atomic E-state index is 12.6. The van der Waals surface area contributed by atoms with Crippen molar-refractivity contribution in [1.82, 2.24) is 0 Å². The minimum Gasteiger partial charge on any atom is -0.480 e. The van der Waals surface area contributed by atoms with Crippen LogP contribution in [-0.2, 0) is 4.79 Å². The summed E-state index contributed by atoms with van der Waals surface area (Å²) >= 11 is 0. The Balaban J connectivity index is 4.33. The summed E-state index contributed by atoms with van der Waals surface area (Å²) in [4.78, 5) is 14.6. The highest BCUT2D eigenvalue weighted by atomic mass is 19.1. The second-order valence-electron chi connectivity index (χ2n) is 4.20. The molecule has 0 aromatic carbocycles. The number of hydrogen-bond donors (Lipinski definition) is 3. The number of nitrogens with zero attached hydrogens (tertiary/aromatic N) is 1. The van der Waals surface area contributed by atoms with Crippen LogP contribution in [0.15, 0.2) is 16.6 Å². The number of rotatable bonds is 7. The second kappa shape index (κ2) is 7.01. The molecule has 0 fully saturated rings. The molecular formula is C11H20FN3O2. The van der Waals surface area contributed by atoms with Crippen LogP contribution in [0.25, 0.3) is 0 Å². The zero-order chi connectivity index (χ0) is 13.5. The highest BCUT2D eigenvalue weighted by Gasteiger charge is 2.27. The van der Waals surface area contributed by atoms with Crippen molar-refractivity contribution < 1.29 is 14.3 Å². The van der Waals surface area contributed by atoms with E-state index in [9.17, 15) is 9.18 Å². The van der Waals surface area contributed by atoms with E-state index >= 15 is 0 Å². The number of carbonyl (C=O) groups is 1. The van der Waals surface area contributed by atoms with E-state index in [2.05, 4.69) is 4.99 Å². The zero-order valence-corrected chi connectivity index (χ0v) is 10.2. The molecule has 0 aliphatic heterocycles. The highest BCUT2D eigenvalue weighted by Crippen LogP contribution is 2.14. The Labute approximate surface area is 100 Å². The van der Waals surface area contributed by atoms with Gasteiger partial charge >= 0.3 is 5.97 Å². The predicted molar refractivity (Wildman–Crippen MR) is 65.7 cm³/mol. The van der Waals surface area contributed by atoms with Crippen molar-refractivity contribution in [1.29, 1.82) is 0 Å². The largest absolute Gasteiger partial charge is 0.480 e. The number of nitrogens with two attached hydrogens (primary N) is 2. The molecule has 5 nitrogen and oxygen atoms in total. The fourth-order valence-electron chi connectivity index (χ4n) is 1.07. The molecule has 6 heteroatoms. The Morgan fingerprint density at radius 3 is 2.59 bits per heavy atom. The van der Waals surface area contributed by atoms with Crippen molar-refractivity contribution in [3.8, 4) is 0 Å². The first-order valence-electron chi connectivity index (χ1n) is 5.32. The van der Waals surface area contributed by atoms with E-state index in [-0.39, 0.29) is 6.42 Å². The number of halogens is 1. The van der Waals surface area contributed by atoms with Crippen LogP contribution in [-0.4, -0.2) is 35.7 Å². The van der Waals surface area contributed by atoms with Gasteiger partial charge in [0, 0.05) is 0 Å². The quantitative estimate of drug-likeness (QED) is 0.351. The Hall–Kier alpha value is -1.43. The zero-order valence-electron chi connectivity index (χ0n) is 10.2. The molecule has 0 amide bonds. The normalized spacial score (nSPS) is 16.7. The van der Waals surface area contributed by atoms with Gasteiger partial charge in [-0.1, -0.05) is 6.08 Å². The molecule has 0 rings (SSSR count). The van der Waals surface area contributed by atoms with E-state index in [1.807, 2.05) is 0 Å². The minimum absolute atomic E-state index is 0.184. The predicted octanol–water partition coefficient (Wildman–Crippen LogP) is 0.842. The van der Waals surface area contributed by atoms with Crippen molar-refractivity contribution in [3.05, 3.63) is 11.6 Å². The molecule has 0 unspecified atom stereocenters. The Morgan fingerprint density at radius 1 is 1.59 bits per heavy atom. The minimum atomic E-state index is -1.33. The van der Waals surface area contributed by atoms with Crippen molar-refractivity contribution in [2.24, 2.45) is 16.5 Å². The van der Waals surface area contributed by atoms with Crippen molar-refractivity contribution >= 4 is 11.8 Å². The van der Waals surface area contributed by atoms with E-state index in [4.69, 9.17) is 16.6 Å². The SMILES string of the molecule is CC(N)=NC/C=C(/CF)CC[C@@](C)(N)C(=O)O. The van der Waals surface area contributed by atoms with Crippen LogP contribution < -0.4 is 11.5 Å². The number of amidine groups is 1. The van der Waals surface area contributed by atoms with Gasteiger partial charge in [0.15, 0.2) is 0 Å². The Bertz CT molecular complexity index is 321. The summed E-state index contributed by atoms with van der Waals surface area (Å²) in [6.07, 6.45) is 2.09. The molecular weight excluding hydrogens is 225 g/mol. The fraction of sp³-hybridized carbons (Fsp3) is 0.636. The molecule has 1 atom stereocenters. The molecule has 0 spiro atoms. The lowest BCUT2D eigenvalue weighted by molar-refractivity contribution is -0.142. The lowest BCUT2D eigenvalue weighted by atomic mass is 9.94. The number of hydrogen-bond acceptors (Lipinski definition) is 3. The van der Waals surface area contributed by atoms with Gasteiger partial charge in [0.05, 0.1) is 12.4 Å². The van der Waals surface area contributed by atoms with Gasteiger partial charge in [-0.05, 0) is 32.3 Å². The molecule has 0 aliphatic carbocycles. The molecule has 0 aliphatic rings. The average Bonchev–Trinajstić information content (AvgIpc) is 2.22. The van der Waals surface area contributed by atoms with Gasteiger partial charge in [-0.3, -0.25) is 9.79 Å². The Morgan fingerprint density at radius 2 is 2.18 bits per heavy atom. The molecule has 17 heavy (non-hydrogen) atoms. The topological polar surface area (TPSA) is 102 Å². The van der Waals surface area contributed by atoms with Crippen LogP contribution in [0.5, 0.6) is 0 Å². The van der Waals surface area contributed by atoms with Gasteiger partial charge in [-0.25, -0.2) is 4.39 Å². The van der Waals surface area contributed by atoms with Crippen molar-refractivity contribution in [2.45, 2.75) is 32.2 Å². The summed E-state index contributed by atoms with van der Waals surface area (Å²) in [7, 11) is 0. The molecule has 0 radical (unpaired) electrons. The molecule has 5 N–H and O–H groups in total. The van der Waals surface area contributed by atoms with Gasteiger partial charge in [-0.15, -0.1) is 0 Å². The number of aliphatic imine (C=N–C) groups is 1. The highest BCUT2D eigenvalue weighted by molar-refractivity contribution is 5.78. The third-order valence-corrected chi connectivity index (χ3v) is 2.35. The molecule has 0 heterocycles. The van der Waals surface area contributed by atoms with E-state index in [1.165, 1.54) is 6.92 Å². The average molecular weight is 245 g/mol. The van der Waals surface area contributed by atoms with Gasteiger partial charge in [0.25, 0.3) is 0 Å². The van der Waals surface area contributed by atoms with Crippen LogP contribution in [0.1, 0.15) is 26.7 Å². The number of aliphatic carboxylic acids is 1. The van der Waals surface area contributed by atoms with E-state index in [0.29, 0.717) is 24.4 Å². The first-order valence-corrected chi connectivity index (χ1v) is 5.32. The first kappa shape index (κ1) is 15.6. The van der Waals surface area contributed by atoms with Gasteiger partial charge in [0.2, 0.25) is 0 Å². The van der Waals surface area contributed by atoms with E-state index in [1.54, 1.807) is 13.0 Å². The monoisotopic (exact) mass is 245 g/mol. The van der Waals surface area contributed by atoms with E-state index < -0.39 is 18.2 Å². The lowest BCUT2D eigenvalue weighted by Crippen LogP contribution is -2.44. The van der Waals surface area contributed by atoms with Crippen molar-refractivity contribution in [2.75, 3.05) is 13.2 Å². The van der Waals surface area contributed by atoms with Gasteiger partial charge in [-0.2, -0.15) is 0 Å². The smallest absolute Gasteiger partial charge is 0.323 e. The maximum Gasteiger partial charge on any atom is 0.323 e. The molecule has 0 saturated heterocycles. The van der Waals surface area contributed by atoms with Crippen LogP contribution in [0, 0.1) is 0 Å². The summed E-state index contributed by atoms with van der Waals surface area (Å²) < 4.78 is 12.6. The van der Waals surface area contributed by atoms with Crippen LogP contribution in [0.3, 0.4) is 0 Å². The second-order valence-corrected chi connectivity index (χ2v) is 4.20. The van der Waals surface area contributed by atoms with Crippen LogP contribution in [0.4, 0.5) is 4.39 Å². The molecule has 0 bridgehead atoms. The first-order chi connectivity index (χ1) is 7.79. The molecule has 0 saturated carbocycles. The maximum absolute atomic E-state index is 12.6. The standard InChI is InChI=1S/C11H20FN3O2/c1-8(13)15-6-4-9(7-12)3-5-11(2,14)10(16)17/h4H,3,5-7,14H2,1-2H3,(H2,13,15)(H,16,17)/b9-4+/t11-/m1/s1. The summed E-state index contributed by atoms with van der Waals surface area (Å²) in [6, 6.07) is 0. The lowest BCUT2D eigenvalue weighted by Gasteiger charge is -2.19. The fourth-order valence-corrected chi connectivity index (χ4v) is 1.07. The molecule has 98 valence electrons. The van der Waals surface area contributed by atoms with Crippen LogP contribution >= 0.6 is 0 Å². The third-order valence-electron chi connectivity index (χ3n) is 2.35. The summed E-state index contributed by atoms with van der Waals surface area (Å²) in [5.41, 5.74) is 10.0. The van der Waals surface area contributed by atoms with Gasteiger partial charge in [0.1, 0.15) is 12.2 Å². The third kappa shape index (κ3) is 6.68. The Kier molecular flexibility index (Phi) is 6.42. The molecule has 0 aromatic rings. The van der Waals surface area contributed by atoms with Gasteiger partial charge < -0.3 is 16.6 Å². The summed E-state index contributed by atoms with van der Waals surface area (Å²) in [5.74, 6) is -0.666. The number of allylic oxidation sites excluding steroid dienone is 1. The van der Waals surface area contributed by atoms with E-state index in [0.717, 1.165) is 0 Å². The molecule has 0 aromatic heterocycles. The van der Waals surface area contributed by atoms with Crippen molar-refractivity contribution in [3.63, 3.8) is 0 Å². The van der Waals surface area contributed by atoms with Crippen LogP contribution in [0.2, 0.25) is 0 Å². The number of carboxylic acid groups (broad SMARTS) is 1. The summed E-state index contributed by atoms with van der Waals surface area (Å²) in [5, 5.41) is 8.80. The summed E-state index contributed by atoms with van der Waals surface area (Å²) in [6.45, 7) is 2.72. The number of carboxylic acids is 1. The number of alkyl halides is 1.